The average molecular weight is 225 g/mol. The Labute approximate surface area is 100 Å². The average Bonchev–Trinajstić information content (AvgIpc) is 2.16. The van der Waals surface area contributed by atoms with Gasteiger partial charge in [-0.3, -0.25) is 0 Å². The van der Waals surface area contributed by atoms with Crippen molar-refractivity contribution in [3.8, 4) is 0 Å². The molecule has 2 fully saturated rings. The van der Waals surface area contributed by atoms with Crippen molar-refractivity contribution in [2.75, 3.05) is 19.7 Å². The summed E-state index contributed by atoms with van der Waals surface area (Å²) in [6.45, 7) is 5.39. The van der Waals surface area contributed by atoms with Crippen LogP contribution >= 0.6 is 0 Å². The lowest BCUT2D eigenvalue weighted by molar-refractivity contribution is -0.109. The van der Waals surface area contributed by atoms with Gasteiger partial charge in [0.25, 0.3) is 0 Å². The number of rotatable bonds is 8. The Morgan fingerprint density at radius 1 is 1.25 bits per heavy atom. The quantitative estimate of drug-likeness (QED) is 0.641. The van der Waals surface area contributed by atoms with Crippen LogP contribution < -0.4 is 5.32 Å². The fraction of sp³-hybridized carbons (Fsp3) is 1.00. The molecule has 0 unspecified atom stereocenters. The summed E-state index contributed by atoms with van der Waals surface area (Å²) in [4.78, 5) is 0. The van der Waals surface area contributed by atoms with Crippen LogP contribution in [0.5, 0.6) is 0 Å². The molecular weight excluding hydrogens is 198 g/mol. The molecule has 0 atom stereocenters. The minimum absolute atomic E-state index is 0.270. The van der Waals surface area contributed by atoms with Crippen molar-refractivity contribution in [1.82, 2.24) is 5.32 Å². The van der Waals surface area contributed by atoms with Gasteiger partial charge in [0.05, 0.1) is 5.60 Å². The van der Waals surface area contributed by atoms with Crippen LogP contribution in [-0.2, 0) is 4.74 Å². The highest BCUT2D eigenvalue weighted by atomic mass is 16.5. The zero-order valence-corrected chi connectivity index (χ0v) is 10.8. The standard InChI is InChI=1S/C14H27NO/c1-2-15-11-10-14(8-4-9-14)16-12-7-13-5-3-6-13/h13,15H,2-12H2,1H3. The fourth-order valence-electron chi connectivity index (χ4n) is 2.75. The zero-order chi connectivity index (χ0) is 11.3. The fourth-order valence-corrected chi connectivity index (χ4v) is 2.75. The molecule has 94 valence electrons. The van der Waals surface area contributed by atoms with Gasteiger partial charge in [-0.15, -0.1) is 0 Å². The summed E-state index contributed by atoms with van der Waals surface area (Å²) in [5, 5.41) is 3.41. The highest BCUT2D eigenvalue weighted by molar-refractivity contribution is 4.90. The summed E-state index contributed by atoms with van der Waals surface area (Å²) in [6.07, 6.45) is 10.8. The van der Waals surface area contributed by atoms with Crippen molar-refractivity contribution in [2.45, 2.75) is 63.9 Å². The molecular formula is C14H27NO. The van der Waals surface area contributed by atoms with Gasteiger partial charge >= 0.3 is 0 Å². The van der Waals surface area contributed by atoms with Gasteiger partial charge in [0, 0.05) is 6.61 Å². The van der Waals surface area contributed by atoms with Crippen LogP contribution in [0, 0.1) is 5.92 Å². The maximum absolute atomic E-state index is 6.18. The number of hydrogen-bond acceptors (Lipinski definition) is 2. The summed E-state index contributed by atoms with van der Waals surface area (Å²) < 4.78 is 6.18. The van der Waals surface area contributed by atoms with Crippen LogP contribution in [0.1, 0.15) is 58.3 Å². The Kier molecular flexibility index (Phi) is 4.66. The lowest BCUT2D eigenvalue weighted by atomic mass is 9.77. The first-order chi connectivity index (χ1) is 7.85. The molecule has 0 aromatic carbocycles. The highest BCUT2D eigenvalue weighted by Crippen LogP contribution is 2.39. The molecule has 2 aliphatic rings. The van der Waals surface area contributed by atoms with E-state index in [-0.39, 0.29) is 5.60 Å². The third-order valence-corrected chi connectivity index (χ3v) is 4.43. The van der Waals surface area contributed by atoms with Crippen LogP contribution in [0.3, 0.4) is 0 Å². The first-order valence-electron chi connectivity index (χ1n) is 7.19. The van der Waals surface area contributed by atoms with Crippen molar-refractivity contribution in [1.29, 1.82) is 0 Å². The van der Waals surface area contributed by atoms with Crippen molar-refractivity contribution in [2.24, 2.45) is 5.92 Å². The van der Waals surface area contributed by atoms with Gasteiger partial charge < -0.3 is 10.1 Å². The molecule has 0 aliphatic heterocycles. The molecule has 0 saturated heterocycles. The molecule has 2 heteroatoms. The van der Waals surface area contributed by atoms with Crippen molar-refractivity contribution >= 4 is 0 Å². The maximum atomic E-state index is 6.18. The summed E-state index contributed by atoms with van der Waals surface area (Å²) in [7, 11) is 0. The molecule has 2 saturated carbocycles. The van der Waals surface area contributed by atoms with Gasteiger partial charge in [0.1, 0.15) is 0 Å². The predicted molar refractivity (Wildman–Crippen MR) is 67.7 cm³/mol. The highest BCUT2D eigenvalue weighted by Gasteiger charge is 2.37. The van der Waals surface area contributed by atoms with Gasteiger partial charge in [-0.05, 0) is 51.1 Å². The third kappa shape index (κ3) is 3.21. The molecule has 1 N–H and O–H groups in total. The molecule has 2 nitrogen and oxygen atoms in total. The first kappa shape index (κ1) is 12.4. The number of ether oxygens (including phenoxy) is 1. The summed E-state index contributed by atoms with van der Waals surface area (Å²) >= 11 is 0. The van der Waals surface area contributed by atoms with E-state index in [0.29, 0.717) is 0 Å². The SMILES string of the molecule is CCNCCC1(OCCC2CCC2)CCC1. The van der Waals surface area contributed by atoms with Crippen LogP contribution in [0.4, 0.5) is 0 Å². The van der Waals surface area contributed by atoms with Gasteiger partial charge in [-0.25, -0.2) is 0 Å². The van der Waals surface area contributed by atoms with Gasteiger partial charge in [0.15, 0.2) is 0 Å². The van der Waals surface area contributed by atoms with Crippen LogP contribution in [0.15, 0.2) is 0 Å². The van der Waals surface area contributed by atoms with Crippen molar-refractivity contribution in [3.63, 3.8) is 0 Å². The van der Waals surface area contributed by atoms with Crippen molar-refractivity contribution in [3.05, 3.63) is 0 Å². The lowest BCUT2D eigenvalue weighted by Crippen LogP contribution is -2.43. The monoisotopic (exact) mass is 225 g/mol. The van der Waals surface area contributed by atoms with E-state index in [2.05, 4.69) is 12.2 Å². The van der Waals surface area contributed by atoms with E-state index in [1.807, 2.05) is 0 Å². The second kappa shape index (κ2) is 6.02. The largest absolute Gasteiger partial charge is 0.375 e. The first-order valence-corrected chi connectivity index (χ1v) is 7.19. The molecule has 2 rings (SSSR count). The molecule has 0 spiro atoms. The Bertz CT molecular complexity index is 197. The Hall–Kier alpha value is -0.0800. The van der Waals surface area contributed by atoms with Crippen LogP contribution in [0.25, 0.3) is 0 Å². The van der Waals surface area contributed by atoms with Crippen LogP contribution in [-0.4, -0.2) is 25.3 Å². The molecule has 0 bridgehead atoms. The molecule has 0 aromatic rings. The second-order valence-electron chi connectivity index (χ2n) is 5.57. The lowest BCUT2D eigenvalue weighted by Gasteiger charge is -2.42. The third-order valence-electron chi connectivity index (χ3n) is 4.43. The Balaban J connectivity index is 1.59. The Morgan fingerprint density at radius 3 is 2.56 bits per heavy atom. The zero-order valence-electron chi connectivity index (χ0n) is 10.8. The van der Waals surface area contributed by atoms with E-state index in [0.717, 1.165) is 25.6 Å². The van der Waals surface area contributed by atoms with E-state index in [1.165, 1.54) is 51.4 Å². The molecule has 2 aliphatic carbocycles. The van der Waals surface area contributed by atoms with Gasteiger partial charge in [-0.1, -0.05) is 26.2 Å². The number of nitrogens with one attached hydrogen (secondary N) is 1. The van der Waals surface area contributed by atoms with Crippen LogP contribution in [0.2, 0.25) is 0 Å². The molecule has 0 heterocycles. The van der Waals surface area contributed by atoms with Gasteiger partial charge in [0.2, 0.25) is 0 Å². The molecule has 0 radical (unpaired) electrons. The Morgan fingerprint density at radius 2 is 2.06 bits per heavy atom. The normalized spacial score (nSPS) is 23.8. The predicted octanol–water partition coefficient (Wildman–Crippen LogP) is 3.12. The van der Waals surface area contributed by atoms with Gasteiger partial charge in [-0.2, -0.15) is 0 Å². The minimum Gasteiger partial charge on any atom is -0.375 e. The van der Waals surface area contributed by atoms with E-state index in [4.69, 9.17) is 4.74 Å². The molecule has 16 heavy (non-hydrogen) atoms. The van der Waals surface area contributed by atoms with E-state index >= 15 is 0 Å². The minimum atomic E-state index is 0.270. The summed E-state index contributed by atoms with van der Waals surface area (Å²) in [5.74, 6) is 0.992. The van der Waals surface area contributed by atoms with E-state index < -0.39 is 0 Å². The molecule has 0 amide bonds. The summed E-state index contributed by atoms with van der Waals surface area (Å²) in [6, 6.07) is 0. The van der Waals surface area contributed by atoms with E-state index in [9.17, 15) is 0 Å². The second-order valence-corrected chi connectivity index (χ2v) is 5.57. The summed E-state index contributed by atoms with van der Waals surface area (Å²) in [5.41, 5.74) is 0.270. The topological polar surface area (TPSA) is 21.3 Å². The van der Waals surface area contributed by atoms with Crippen molar-refractivity contribution < 1.29 is 4.74 Å². The number of hydrogen-bond donors (Lipinski definition) is 1. The maximum Gasteiger partial charge on any atom is 0.0694 e. The van der Waals surface area contributed by atoms with E-state index in [1.54, 1.807) is 0 Å². The smallest absolute Gasteiger partial charge is 0.0694 e. The molecule has 0 aromatic heterocycles.